The molecule has 0 fully saturated rings. The zero-order valence-corrected chi connectivity index (χ0v) is 22.8. The van der Waals surface area contributed by atoms with Crippen LogP contribution < -0.4 is 0 Å². The minimum absolute atomic E-state index is 0. The van der Waals surface area contributed by atoms with Crippen LogP contribution in [-0.2, 0) is 9.84 Å². The molecule has 0 atom stereocenters. The molecule has 0 heterocycles. The van der Waals surface area contributed by atoms with Crippen molar-refractivity contribution in [1.29, 1.82) is 0 Å². The number of unbranched alkanes of at least 4 members (excludes halogenated alkanes) is 3. The normalized spacial score (nSPS) is 8.69. The van der Waals surface area contributed by atoms with Crippen molar-refractivity contribution in [3.05, 3.63) is 68.3 Å². The number of alkyl halides is 3. The smallest absolute Gasteiger partial charge is 0.457 e. The Bertz CT molecular complexity index is 623. The second kappa shape index (κ2) is 27.5. The van der Waals surface area contributed by atoms with Crippen molar-refractivity contribution in [2.24, 2.45) is 0 Å². The van der Waals surface area contributed by atoms with E-state index in [1.165, 1.54) is 31.4 Å². The minimum atomic E-state index is -4.63. The van der Waals surface area contributed by atoms with E-state index in [1.807, 2.05) is 5.92 Å². The Morgan fingerprint density at radius 3 is 1.62 bits per heavy atom. The predicted octanol–water partition coefficient (Wildman–Crippen LogP) is 8.02. The van der Waals surface area contributed by atoms with Gasteiger partial charge in [-0.05, 0) is 24.1 Å². The van der Waals surface area contributed by atoms with Crippen molar-refractivity contribution in [3.63, 3.8) is 0 Å². The van der Waals surface area contributed by atoms with Gasteiger partial charge < -0.3 is 4.74 Å². The summed E-state index contributed by atoms with van der Waals surface area (Å²) in [7, 11) is 0. The van der Waals surface area contributed by atoms with Crippen molar-refractivity contribution in [1.82, 2.24) is 0 Å². The van der Waals surface area contributed by atoms with Crippen LogP contribution in [0.3, 0.4) is 0 Å². The number of ether oxygens (including phenoxy) is 1. The molecule has 0 spiro atoms. The van der Waals surface area contributed by atoms with Crippen molar-refractivity contribution >= 4 is 29.5 Å². The predicted molar refractivity (Wildman–Crippen MR) is 130 cm³/mol. The summed E-state index contributed by atoms with van der Waals surface area (Å²) in [5.74, 6) is 2.16. The fourth-order valence-corrected chi connectivity index (χ4v) is 1.18. The Morgan fingerprint density at radius 1 is 0.906 bits per heavy atom. The third-order valence-electron chi connectivity index (χ3n) is 2.95. The van der Waals surface area contributed by atoms with Gasteiger partial charge in [-0.2, -0.15) is 13.2 Å². The van der Waals surface area contributed by atoms with Crippen LogP contribution in [0.2, 0.25) is 0 Å². The minimum Gasteiger partial charge on any atom is -0.457 e. The molecule has 1 aromatic rings. The summed E-state index contributed by atoms with van der Waals surface area (Å²) < 4.78 is 40.9. The summed E-state index contributed by atoms with van der Waals surface area (Å²) in [6.45, 7) is 18.9. The van der Waals surface area contributed by atoms with Gasteiger partial charge in [0.2, 0.25) is 0 Å². The second-order valence-corrected chi connectivity index (χ2v) is 5.89. The molecule has 8 radical (unpaired) electrons. The van der Waals surface area contributed by atoms with Gasteiger partial charge in [0.05, 0.1) is 12.2 Å². The fraction of sp³-hybridized carbons (Fsp3) is 0.462. The molecule has 0 saturated carbocycles. The van der Waals surface area contributed by atoms with Gasteiger partial charge >= 0.3 is 12.1 Å². The number of halogens is 3. The fourth-order valence-electron chi connectivity index (χ4n) is 1.18. The maximum atomic E-state index is 12.1. The van der Waals surface area contributed by atoms with Crippen LogP contribution in [0.15, 0.2) is 42.0 Å². The molecule has 0 aliphatic rings. The van der Waals surface area contributed by atoms with Gasteiger partial charge in [0.25, 0.3) is 0 Å². The summed E-state index contributed by atoms with van der Waals surface area (Å²) in [6, 6.07) is 8.01. The number of hydrogen-bond acceptors (Lipinski definition) is 1. The van der Waals surface area contributed by atoms with Gasteiger partial charge in [0.15, 0.2) is 0 Å². The molecular formula is C26H37F3O2Sn. The monoisotopic (exact) mass is 558 g/mol. The van der Waals surface area contributed by atoms with E-state index in [1.54, 1.807) is 25.1 Å². The van der Waals surface area contributed by atoms with Crippen molar-refractivity contribution < 1.29 is 23.0 Å². The molecule has 0 aliphatic carbocycles. The molecule has 178 valence electrons. The molecule has 0 N–H and O–H groups in total. The van der Waals surface area contributed by atoms with Gasteiger partial charge in [-0.15, -0.1) is 0 Å². The zero-order valence-electron chi connectivity index (χ0n) is 19.9. The van der Waals surface area contributed by atoms with Crippen molar-refractivity contribution in [2.75, 3.05) is 6.61 Å². The molecule has 0 aliphatic heterocycles. The third kappa shape index (κ3) is 30.7. The molecule has 1 aromatic carbocycles. The summed E-state index contributed by atoms with van der Waals surface area (Å²) in [6.07, 6.45) is 2.20. The number of hydrogen-bond donors (Lipinski definition) is 0. The molecule has 2 nitrogen and oxygen atoms in total. The molecule has 0 aromatic heterocycles. The largest absolute Gasteiger partial charge is 0.458 e. The van der Waals surface area contributed by atoms with E-state index < -0.39 is 12.1 Å². The molecule has 0 bridgehead atoms. The standard InChI is InChI=1S/C14H10F3O2.3C4H9.Sn/c1-2-19-13(18)10-12(8-9-14(15,16)17)11-6-4-3-5-7-11;3*1-3-4-2;/h3-7H,2H2,1H3;3*1,3-4H2,2H3;. The maximum absolute atomic E-state index is 12.1. The molecule has 6 heteroatoms. The van der Waals surface area contributed by atoms with E-state index in [0.29, 0.717) is 5.56 Å². The average Bonchev–Trinajstić information content (AvgIpc) is 2.77. The first-order valence-electron chi connectivity index (χ1n) is 10.5. The quantitative estimate of drug-likeness (QED) is 0.151. The van der Waals surface area contributed by atoms with E-state index in [2.05, 4.69) is 52.0 Å². The van der Waals surface area contributed by atoms with Crippen LogP contribution in [0.5, 0.6) is 0 Å². The first-order chi connectivity index (χ1) is 14.7. The average molecular weight is 557 g/mol. The van der Waals surface area contributed by atoms with Gasteiger partial charge in [0.1, 0.15) is 0 Å². The van der Waals surface area contributed by atoms with E-state index in [9.17, 15) is 18.3 Å². The Balaban J connectivity index is -0.000000250. The summed E-state index contributed by atoms with van der Waals surface area (Å²) in [5.41, 5.74) is 2.40. The van der Waals surface area contributed by atoms with E-state index in [-0.39, 0.29) is 36.1 Å². The van der Waals surface area contributed by atoms with Gasteiger partial charge in [0, 0.05) is 29.8 Å². The molecule has 0 unspecified atom stereocenters. The second-order valence-electron chi connectivity index (χ2n) is 5.89. The first kappa shape index (κ1) is 37.8. The Morgan fingerprint density at radius 2 is 1.31 bits per heavy atom. The van der Waals surface area contributed by atoms with Crippen molar-refractivity contribution in [3.8, 4) is 11.8 Å². The molecule has 1 rings (SSSR count). The number of benzene rings is 1. The van der Waals surface area contributed by atoms with Gasteiger partial charge in [-0.25, -0.2) is 5.11 Å². The summed E-state index contributed by atoms with van der Waals surface area (Å²) in [4.78, 5) is 0. The van der Waals surface area contributed by atoms with Crippen LogP contribution in [0, 0.1) is 32.6 Å². The third-order valence-corrected chi connectivity index (χ3v) is 2.95. The Hall–Kier alpha value is -1.51. The number of allylic oxidation sites excluding steroid dienone is 1. The molecule has 0 saturated heterocycles. The molecule has 32 heavy (non-hydrogen) atoms. The van der Waals surface area contributed by atoms with Crippen LogP contribution in [0.1, 0.15) is 71.8 Å². The molecular weight excluding hydrogens is 520 g/mol. The Kier molecular flexibility index (Phi) is 32.5. The van der Waals surface area contributed by atoms with Crippen LogP contribution >= 0.6 is 0 Å². The van der Waals surface area contributed by atoms with Gasteiger partial charge in [-0.3, -0.25) is 0 Å². The molecule has 0 amide bonds. The zero-order chi connectivity index (χ0) is 24.5. The Labute approximate surface area is 211 Å². The van der Waals surface area contributed by atoms with Crippen molar-refractivity contribution in [2.45, 2.75) is 72.4 Å². The van der Waals surface area contributed by atoms with Crippen LogP contribution in [-0.4, -0.2) is 36.7 Å². The van der Waals surface area contributed by atoms with Gasteiger partial charge in [-0.1, -0.05) is 110 Å². The van der Waals surface area contributed by atoms with Crippen LogP contribution in [0.4, 0.5) is 13.2 Å². The van der Waals surface area contributed by atoms with E-state index in [4.69, 9.17) is 0 Å². The van der Waals surface area contributed by atoms with E-state index in [0.717, 1.165) is 25.2 Å². The van der Waals surface area contributed by atoms with E-state index >= 15 is 0 Å². The number of rotatable bonds is 6. The topological polar surface area (TPSA) is 29.1 Å². The maximum Gasteiger partial charge on any atom is 0.458 e. The first-order valence-corrected chi connectivity index (χ1v) is 10.5. The summed E-state index contributed by atoms with van der Waals surface area (Å²) >= 11 is 0. The SMILES string of the molecule is CCOC([O])=C=C(C#CC(F)(F)F)c1ccccc1.[CH2]CCC.[CH2]CCC.[CH2]CCC.[Sn]. The van der Waals surface area contributed by atoms with Crippen LogP contribution in [0.25, 0.3) is 5.57 Å². The summed E-state index contributed by atoms with van der Waals surface area (Å²) in [5, 5.41) is 11.2.